The van der Waals surface area contributed by atoms with Gasteiger partial charge in [-0.1, -0.05) is 24.3 Å². The van der Waals surface area contributed by atoms with Gasteiger partial charge in [-0.15, -0.1) is 0 Å². The predicted octanol–water partition coefficient (Wildman–Crippen LogP) is 2.72. The van der Waals surface area contributed by atoms with Gasteiger partial charge in [-0.2, -0.15) is 0 Å². The summed E-state index contributed by atoms with van der Waals surface area (Å²) in [6, 6.07) is 15.3. The van der Waals surface area contributed by atoms with Crippen molar-refractivity contribution in [2.45, 2.75) is 26.0 Å². The van der Waals surface area contributed by atoms with E-state index in [0.717, 1.165) is 11.3 Å². The highest BCUT2D eigenvalue weighted by Crippen LogP contribution is 2.26. The van der Waals surface area contributed by atoms with E-state index in [-0.39, 0.29) is 13.2 Å². The Morgan fingerprint density at radius 2 is 1.64 bits per heavy atom. The molecule has 28 heavy (non-hydrogen) atoms. The van der Waals surface area contributed by atoms with E-state index in [1.165, 1.54) is 0 Å². The number of benzene rings is 2. The monoisotopic (exact) mass is 389 g/mol. The maximum Gasteiger partial charge on any atom is 0.161 e. The minimum absolute atomic E-state index is 0.131. The second-order valence-electron chi connectivity index (χ2n) is 6.61. The molecule has 0 bridgehead atoms. The number of ether oxygens (including phenoxy) is 3. The average Bonchev–Trinajstić information content (AvgIpc) is 2.69. The Balaban J connectivity index is 1.75. The van der Waals surface area contributed by atoms with Crippen molar-refractivity contribution < 1.29 is 24.4 Å². The van der Waals surface area contributed by atoms with E-state index in [2.05, 4.69) is 0 Å². The van der Waals surface area contributed by atoms with Crippen molar-refractivity contribution in [3.63, 3.8) is 0 Å². The van der Waals surface area contributed by atoms with Gasteiger partial charge in [0.25, 0.3) is 0 Å². The molecule has 6 nitrogen and oxygen atoms in total. The van der Waals surface area contributed by atoms with Gasteiger partial charge in [0.15, 0.2) is 11.5 Å². The van der Waals surface area contributed by atoms with Crippen LogP contribution in [0.2, 0.25) is 0 Å². The van der Waals surface area contributed by atoms with Crippen molar-refractivity contribution in [3.8, 4) is 17.2 Å². The number of para-hydroxylation sites is 2. The molecule has 0 aromatic heterocycles. The summed E-state index contributed by atoms with van der Waals surface area (Å²) in [5.41, 5.74) is 1.13. The van der Waals surface area contributed by atoms with Crippen molar-refractivity contribution in [1.29, 1.82) is 0 Å². The van der Waals surface area contributed by atoms with Gasteiger partial charge >= 0.3 is 0 Å². The normalized spacial score (nSPS) is 12.0. The fraction of sp³-hybridized carbons (Fsp3) is 0.455. The van der Waals surface area contributed by atoms with Gasteiger partial charge in [0.1, 0.15) is 18.5 Å². The fourth-order valence-corrected chi connectivity index (χ4v) is 2.76. The molecule has 2 aromatic rings. The lowest BCUT2D eigenvalue weighted by molar-refractivity contribution is 0.0730. The van der Waals surface area contributed by atoms with Crippen LogP contribution in [0.4, 0.5) is 0 Å². The number of hydrogen-bond donors (Lipinski definition) is 2. The Kier molecular flexibility index (Phi) is 9.62. The minimum atomic E-state index is -0.610. The second-order valence-corrected chi connectivity index (χ2v) is 6.61. The highest BCUT2D eigenvalue weighted by molar-refractivity contribution is 5.39. The minimum Gasteiger partial charge on any atom is -0.494 e. The number of rotatable bonds is 13. The van der Waals surface area contributed by atoms with Crippen LogP contribution in [0.1, 0.15) is 18.9 Å². The van der Waals surface area contributed by atoms with Gasteiger partial charge in [0.2, 0.25) is 0 Å². The zero-order valence-electron chi connectivity index (χ0n) is 16.7. The van der Waals surface area contributed by atoms with Crippen molar-refractivity contribution in [1.82, 2.24) is 4.90 Å². The number of nitrogens with zero attached hydrogens (tertiary/aromatic N) is 1. The van der Waals surface area contributed by atoms with E-state index >= 15 is 0 Å². The van der Waals surface area contributed by atoms with Gasteiger partial charge in [-0.3, -0.25) is 4.90 Å². The fourth-order valence-electron chi connectivity index (χ4n) is 2.76. The Hall–Kier alpha value is -2.28. The number of aliphatic hydroxyl groups is 2. The Morgan fingerprint density at radius 3 is 2.29 bits per heavy atom. The molecule has 6 heteroatoms. The predicted molar refractivity (Wildman–Crippen MR) is 109 cm³/mol. The first-order valence-corrected chi connectivity index (χ1v) is 9.66. The molecule has 0 amide bonds. The van der Waals surface area contributed by atoms with Crippen LogP contribution < -0.4 is 14.2 Å². The van der Waals surface area contributed by atoms with E-state index in [4.69, 9.17) is 19.3 Å². The summed E-state index contributed by atoms with van der Waals surface area (Å²) in [7, 11) is 1.96. The first kappa shape index (κ1) is 22.0. The summed E-state index contributed by atoms with van der Waals surface area (Å²) in [6.07, 6.45) is 0.0141. The maximum absolute atomic E-state index is 10.3. The van der Waals surface area contributed by atoms with Gasteiger partial charge in [0.05, 0.1) is 13.2 Å². The first-order chi connectivity index (χ1) is 13.6. The smallest absolute Gasteiger partial charge is 0.161 e. The zero-order valence-corrected chi connectivity index (χ0v) is 16.7. The molecule has 0 saturated carbocycles. The van der Waals surface area contributed by atoms with E-state index in [1.807, 2.05) is 67.4 Å². The highest BCUT2D eigenvalue weighted by atomic mass is 16.5. The molecule has 0 aliphatic carbocycles. The van der Waals surface area contributed by atoms with Crippen molar-refractivity contribution in [2.75, 3.05) is 40.0 Å². The van der Waals surface area contributed by atoms with Crippen LogP contribution in [-0.4, -0.2) is 61.2 Å². The van der Waals surface area contributed by atoms with Gasteiger partial charge < -0.3 is 24.4 Å². The topological polar surface area (TPSA) is 71.4 Å². The number of aliphatic hydroxyl groups excluding tert-OH is 2. The Bertz CT molecular complexity index is 677. The third-order valence-corrected chi connectivity index (χ3v) is 4.05. The van der Waals surface area contributed by atoms with Crippen LogP contribution in [-0.2, 0) is 6.54 Å². The third kappa shape index (κ3) is 7.76. The molecule has 2 aromatic carbocycles. The molecule has 154 valence electrons. The lowest BCUT2D eigenvalue weighted by Crippen LogP contribution is -2.32. The summed E-state index contributed by atoms with van der Waals surface area (Å²) in [4.78, 5) is 2.05. The quantitative estimate of drug-likeness (QED) is 0.513. The largest absolute Gasteiger partial charge is 0.494 e. The molecular weight excluding hydrogens is 358 g/mol. The van der Waals surface area contributed by atoms with Crippen LogP contribution in [0.3, 0.4) is 0 Å². The summed E-state index contributed by atoms with van der Waals surface area (Å²) in [5, 5.41) is 19.1. The molecule has 0 radical (unpaired) electrons. The first-order valence-electron chi connectivity index (χ1n) is 9.66. The zero-order chi connectivity index (χ0) is 20.2. The van der Waals surface area contributed by atoms with Gasteiger partial charge in [-0.05, 0) is 43.8 Å². The SMILES string of the molecule is CCOc1ccccc1OC[C@@H](O)CN(C)Cc1ccc(OCCCO)cc1. The molecule has 0 heterocycles. The van der Waals surface area contributed by atoms with Crippen LogP contribution in [0.5, 0.6) is 17.2 Å². The molecule has 0 unspecified atom stereocenters. The average molecular weight is 389 g/mol. The van der Waals surface area contributed by atoms with Crippen molar-refractivity contribution in [2.24, 2.45) is 0 Å². The maximum atomic E-state index is 10.3. The van der Waals surface area contributed by atoms with Gasteiger partial charge in [-0.25, -0.2) is 0 Å². The van der Waals surface area contributed by atoms with E-state index < -0.39 is 6.10 Å². The Morgan fingerprint density at radius 1 is 0.964 bits per heavy atom. The van der Waals surface area contributed by atoms with Crippen LogP contribution in [0, 0.1) is 0 Å². The second kappa shape index (κ2) is 12.2. The Labute approximate surface area is 167 Å². The summed E-state index contributed by atoms with van der Waals surface area (Å²) < 4.78 is 16.8. The molecule has 0 aliphatic heterocycles. The molecular formula is C22H31NO5. The van der Waals surface area contributed by atoms with Crippen LogP contribution >= 0.6 is 0 Å². The van der Waals surface area contributed by atoms with E-state index in [0.29, 0.717) is 44.2 Å². The molecule has 1 atom stereocenters. The summed E-state index contributed by atoms with van der Waals surface area (Å²) in [6.45, 7) is 4.53. The summed E-state index contributed by atoms with van der Waals surface area (Å²) in [5.74, 6) is 2.12. The molecule has 0 aliphatic rings. The third-order valence-electron chi connectivity index (χ3n) is 4.05. The van der Waals surface area contributed by atoms with Crippen molar-refractivity contribution in [3.05, 3.63) is 54.1 Å². The molecule has 0 fully saturated rings. The van der Waals surface area contributed by atoms with Crippen LogP contribution in [0.25, 0.3) is 0 Å². The highest BCUT2D eigenvalue weighted by Gasteiger charge is 2.12. The standard InChI is InChI=1S/C22H31NO5/c1-3-26-21-7-4-5-8-22(21)28-17-19(25)16-23(2)15-18-9-11-20(12-10-18)27-14-6-13-24/h4-5,7-12,19,24-25H,3,6,13-17H2,1-2H3/t19-/m0/s1. The lowest BCUT2D eigenvalue weighted by Gasteiger charge is -2.21. The molecule has 2 rings (SSSR count). The molecule has 0 saturated heterocycles. The number of hydrogen-bond acceptors (Lipinski definition) is 6. The van der Waals surface area contributed by atoms with E-state index in [1.54, 1.807) is 0 Å². The lowest BCUT2D eigenvalue weighted by atomic mass is 10.2. The number of likely N-dealkylation sites (N-methyl/N-ethyl adjacent to an activating group) is 1. The van der Waals surface area contributed by atoms with E-state index in [9.17, 15) is 5.11 Å². The van der Waals surface area contributed by atoms with Gasteiger partial charge in [0, 0.05) is 26.1 Å². The molecule has 2 N–H and O–H groups in total. The van der Waals surface area contributed by atoms with Crippen LogP contribution in [0.15, 0.2) is 48.5 Å². The summed E-state index contributed by atoms with van der Waals surface area (Å²) >= 11 is 0. The molecule has 0 spiro atoms. The van der Waals surface area contributed by atoms with Crippen molar-refractivity contribution >= 4 is 0 Å².